The smallest absolute Gasteiger partial charge is 0.387 e. The summed E-state index contributed by atoms with van der Waals surface area (Å²) in [5.74, 6) is -0.419. The molecule has 8 nitrogen and oxygen atoms in total. The Kier molecular flexibility index (Phi) is 5.60. The molecule has 2 aromatic carbocycles. The highest BCUT2D eigenvalue weighted by molar-refractivity contribution is 7.93. The van der Waals surface area contributed by atoms with Crippen molar-refractivity contribution in [3.63, 3.8) is 0 Å². The first-order valence-electron chi connectivity index (χ1n) is 7.05. The summed E-state index contributed by atoms with van der Waals surface area (Å²) in [5, 5.41) is 11.1. The van der Waals surface area contributed by atoms with Crippen molar-refractivity contribution < 1.29 is 31.6 Å². The van der Waals surface area contributed by atoms with Crippen LogP contribution in [-0.4, -0.2) is 27.1 Å². The first kappa shape index (κ1) is 19.4. The fourth-order valence-corrected chi connectivity index (χ4v) is 3.71. The van der Waals surface area contributed by atoms with Crippen LogP contribution in [0.2, 0.25) is 0 Å². The van der Waals surface area contributed by atoms with E-state index in [0.717, 1.165) is 12.1 Å². The van der Waals surface area contributed by atoms with E-state index in [0.29, 0.717) is 0 Å². The lowest BCUT2D eigenvalue weighted by atomic mass is 10.2. The normalized spacial score (nSPS) is 11.3. The zero-order valence-corrected chi connectivity index (χ0v) is 14.4. The number of nitro benzene ring substituents is 1. The highest BCUT2D eigenvalue weighted by Crippen LogP contribution is 2.34. The number of hydrogen-bond acceptors (Lipinski definition) is 6. The highest BCUT2D eigenvalue weighted by Gasteiger charge is 2.28. The van der Waals surface area contributed by atoms with E-state index in [1.165, 1.54) is 38.3 Å². The summed E-state index contributed by atoms with van der Waals surface area (Å²) in [5.41, 5.74) is -0.571. The molecule has 0 amide bonds. The summed E-state index contributed by atoms with van der Waals surface area (Å²) >= 11 is 0. The van der Waals surface area contributed by atoms with Crippen molar-refractivity contribution in [2.75, 3.05) is 11.8 Å². The van der Waals surface area contributed by atoms with Crippen LogP contribution in [0.1, 0.15) is 5.56 Å². The van der Waals surface area contributed by atoms with E-state index < -0.39 is 32.1 Å². The number of benzene rings is 2. The maximum absolute atomic E-state index is 12.6. The van der Waals surface area contributed by atoms with E-state index in [1.54, 1.807) is 0 Å². The van der Waals surface area contributed by atoms with Gasteiger partial charge in [0, 0.05) is 12.1 Å². The molecule has 0 aliphatic heterocycles. The van der Waals surface area contributed by atoms with Gasteiger partial charge in [-0.25, -0.2) is 8.42 Å². The van der Waals surface area contributed by atoms with Crippen LogP contribution in [-0.2, 0) is 10.0 Å². The van der Waals surface area contributed by atoms with Gasteiger partial charge in [-0.1, -0.05) is 12.1 Å². The molecule has 0 fully saturated rings. The first-order valence-corrected chi connectivity index (χ1v) is 8.53. The lowest BCUT2D eigenvalue weighted by Crippen LogP contribution is -2.16. The number of rotatable bonds is 7. The number of ether oxygens (including phenoxy) is 2. The number of methoxy groups -OCH3 is 1. The van der Waals surface area contributed by atoms with E-state index >= 15 is 0 Å². The molecule has 140 valence electrons. The molecular formula is C15H14F2N2O6S. The Morgan fingerprint density at radius 3 is 2.46 bits per heavy atom. The summed E-state index contributed by atoms with van der Waals surface area (Å²) in [6.07, 6.45) is 0. The second kappa shape index (κ2) is 7.52. The maximum atomic E-state index is 12.6. The number of anilines is 1. The zero-order valence-electron chi connectivity index (χ0n) is 13.6. The minimum atomic E-state index is -4.36. The molecule has 1 N–H and O–H groups in total. The second-order valence-electron chi connectivity index (χ2n) is 5.03. The molecular weight excluding hydrogens is 374 g/mol. The number of nitrogens with one attached hydrogen (secondary N) is 1. The summed E-state index contributed by atoms with van der Waals surface area (Å²) < 4.78 is 61.4. The average Bonchev–Trinajstić information content (AvgIpc) is 2.53. The molecule has 0 saturated carbocycles. The van der Waals surface area contributed by atoms with Crippen LogP contribution >= 0.6 is 0 Å². The molecule has 0 unspecified atom stereocenters. The standard InChI is InChI=1S/C15H14F2N2O6S/c1-9-4-3-5-11(19(20)21)14(9)26(22,23)18-10-6-7-12(24-2)13(8-10)25-15(16)17/h3-8,15,18H,1-2H3. The van der Waals surface area contributed by atoms with E-state index in [1.807, 2.05) is 0 Å². The molecule has 0 aliphatic rings. The largest absolute Gasteiger partial charge is 0.493 e. The van der Waals surface area contributed by atoms with Gasteiger partial charge in [-0.05, 0) is 24.6 Å². The van der Waals surface area contributed by atoms with Gasteiger partial charge < -0.3 is 9.47 Å². The van der Waals surface area contributed by atoms with E-state index in [9.17, 15) is 27.3 Å². The molecule has 0 spiro atoms. The molecule has 0 radical (unpaired) electrons. The van der Waals surface area contributed by atoms with Crippen LogP contribution in [0.3, 0.4) is 0 Å². The van der Waals surface area contributed by atoms with Crippen molar-refractivity contribution in [2.24, 2.45) is 0 Å². The fraction of sp³-hybridized carbons (Fsp3) is 0.200. The quantitative estimate of drug-likeness (QED) is 0.576. The van der Waals surface area contributed by atoms with Crippen LogP contribution in [0, 0.1) is 17.0 Å². The Balaban J connectivity index is 2.47. The van der Waals surface area contributed by atoms with Gasteiger partial charge >= 0.3 is 6.61 Å². The summed E-state index contributed by atoms with van der Waals surface area (Å²) in [6.45, 7) is -1.74. The molecule has 26 heavy (non-hydrogen) atoms. The van der Waals surface area contributed by atoms with Gasteiger partial charge in [-0.3, -0.25) is 14.8 Å². The molecule has 2 rings (SSSR count). The van der Waals surface area contributed by atoms with Gasteiger partial charge in [0.15, 0.2) is 16.4 Å². The molecule has 11 heteroatoms. The monoisotopic (exact) mass is 388 g/mol. The SMILES string of the molecule is COc1ccc(NS(=O)(=O)c2c(C)cccc2[N+](=O)[O-])cc1OC(F)F. The van der Waals surface area contributed by atoms with Crippen LogP contribution in [0.25, 0.3) is 0 Å². The van der Waals surface area contributed by atoms with Crippen LogP contribution in [0.5, 0.6) is 11.5 Å². The van der Waals surface area contributed by atoms with Gasteiger partial charge in [0.2, 0.25) is 0 Å². The third-order valence-electron chi connectivity index (χ3n) is 3.29. The number of halogens is 2. The van der Waals surface area contributed by atoms with Crippen molar-refractivity contribution in [2.45, 2.75) is 18.4 Å². The number of aryl methyl sites for hydroxylation is 1. The minimum Gasteiger partial charge on any atom is -0.493 e. The van der Waals surface area contributed by atoms with Gasteiger partial charge in [0.25, 0.3) is 15.7 Å². The van der Waals surface area contributed by atoms with E-state index in [2.05, 4.69) is 9.46 Å². The molecule has 0 heterocycles. The lowest BCUT2D eigenvalue weighted by Gasteiger charge is -2.14. The van der Waals surface area contributed by atoms with Crippen LogP contribution in [0.15, 0.2) is 41.3 Å². The topological polar surface area (TPSA) is 108 Å². The Hall–Kier alpha value is -2.95. The molecule has 0 aliphatic carbocycles. The van der Waals surface area contributed by atoms with Gasteiger partial charge in [-0.2, -0.15) is 8.78 Å². The molecule has 2 aromatic rings. The maximum Gasteiger partial charge on any atom is 0.387 e. The number of alkyl halides is 2. The number of hydrogen-bond donors (Lipinski definition) is 1. The minimum absolute atomic E-state index is 0.0323. The fourth-order valence-electron chi connectivity index (χ4n) is 2.26. The predicted octanol–water partition coefficient (Wildman–Crippen LogP) is 3.31. The van der Waals surface area contributed by atoms with Crippen molar-refractivity contribution in [3.05, 3.63) is 52.1 Å². The molecule has 0 atom stereocenters. The third-order valence-corrected chi connectivity index (χ3v) is 4.86. The number of nitro groups is 1. The zero-order chi connectivity index (χ0) is 19.5. The van der Waals surface area contributed by atoms with Crippen LogP contribution in [0.4, 0.5) is 20.2 Å². The van der Waals surface area contributed by atoms with Crippen molar-refractivity contribution in [3.8, 4) is 11.5 Å². The van der Waals surface area contributed by atoms with E-state index in [4.69, 9.17) is 4.74 Å². The van der Waals surface area contributed by atoms with Gasteiger partial charge in [0.1, 0.15) is 0 Å². The van der Waals surface area contributed by atoms with Gasteiger partial charge in [0.05, 0.1) is 17.7 Å². The average molecular weight is 388 g/mol. The highest BCUT2D eigenvalue weighted by atomic mass is 32.2. The second-order valence-corrected chi connectivity index (χ2v) is 6.65. The number of sulfonamides is 1. The Labute approximate surface area is 147 Å². The Morgan fingerprint density at radius 2 is 1.88 bits per heavy atom. The first-order chi connectivity index (χ1) is 12.2. The van der Waals surface area contributed by atoms with E-state index in [-0.39, 0.29) is 22.7 Å². The Bertz CT molecular complexity index is 934. The van der Waals surface area contributed by atoms with Gasteiger partial charge in [-0.15, -0.1) is 0 Å². The molecule has 0 saturated heterocycles. The van der Waals surface area contributed by atoms with Crippen LogP contribution < -0.4 is 14.2 Å². The Morgan fingerprint density at radius 1 is 1.19 bits per heavy atom. The predicted molar refractivity (Wildman–Crippen MR) is 88.3 cm³/mol. The molecule has 0 bridgehead atoms. The summed E-state index contributed by atoms with van der Waals surface area (Å²) in [6, 6.07) is 7.28. The third kappa shape index (κ3) is 4.17. The summed E-state index contributed by atoms with van der Waals surface area (Å²) in [4.78, 5) is 9.79. The van der Waals surface area contributed by atoms with Crippen molar-refractivity contribution in [1.29, 1.82) is 0 Å². The number of nitrogens with zero attached hydrogens (tertiary/aromatic N) is 1. The summed E-state index contributed by atoms with van der Waals surface area (Å²) in [7, 11) is -3.13. The molecule has 0 aromatic heterocycles. The lowest BCUT2D eigenvalue weighted by molar-refractivity contribution is -0.387. The van der Waals surface area contributed by atoms with Crippen molar-refractivity contribution in [1.82, 2.24) is 0 Å². The van der Waals surface area contributed by atoms with Crippen molar-refractivity contribution >= 4 is 21.4 Å².